The smallest absolute Gasteiger partial charge is 0.352 e. The molecule has 0 unspecified atom stereocenters. The van der Waals surface area contributed by atoms with E-state index >= 15 is 0 Å². The van der Waals surface area contributed by atoms with Crippen molar-refractivity contribution in [1.29, 1.82) is 0 Å². The molecule has 0 bridgehead atoms. The number of rotatable bonds is 11. The zero-order valence-electron chi connectivity index (χ0n) is 17.0. The lowest BCUT2D eigenvalue weighted by Crippen LogP contribution is -2.18. The summed E-state index contributed by atoms with van der Waals surface area (Å²) < 4.78 is 5.53. The van der Waals surface area contributed by atoms with Crippen molar-refractivity contribution in [2.75, 3.05) is 18.6 Å². The van der Waals surface area contributed by atoms with Gasteiger partial charge in [-0.2, -0.15) is 5.10 Å². The summed E-state index contributed by atoms with van der Waals surface area (Å²) in [7, 11) is 0. The monoisotopic (exact) mass is 467 g/mol. The highest BCUT2D eigenvalue weighted by molar-refractivity contribution is 7.14. The number of ether oxygens (including phenoxy) is 1. The lowest BCUT2D eigenvalue weighted by atomic mass is 10.1. The number of nitro benzene ring substituents is 1. The van der Waals surface area contributed by atoms with Gasteiger partial charge in [0.2, 0.25) is 5.13 Å². The molecule has 12 nitrogen and oxygen atoms in total. The molecule has 0 radical (unpaired) electrons. The second-order valence-electron chi connectivity index (χ2n) is 6.41. The quantitative estimate of drug-likeness (QED) is 0.0793. The predicted octanol–water partition coefficient (Wildman–Crippen LogP) is 4.50. The summed E-state index contributed by atoms with van der Waals surface area (Å²) >= 11 is 1.22. The number of carboxylic acid groups (broad SMARTS) is 1. The number of hydrazone groups is 1. The van der Waals surface area contributed by atoms with Crippen LogP contribution in [-0.4, -0.2) is 39.8 Å². The van der Waals surface area contributed by atoms with Gasteiger partial charge in [-0.05, 0) is 17.7 Å². The van der Waals surface area contributed by atoms with Crippen molar-refractivity contribution in [3.63, 3.8) is 0 Å². The van der Waals surface area contributed by atoms with Crippen molar-refractivity contribution in [3.8, 4) is 17.0 Å². The van der Waals surface area contributed by atoms with Crippen LogP contribution in [0.4, 0.5) is 10.8 Å². The highest BCUT2D eigenvalue weighted by Crippen LogP contribution is 2.27. The molecule has 0 aliphatic carbocycles. The second kappa shape index (κ2) is 11.2. The Kier molecular flexibility index (Phi) is 7.89. The van der Waals surface area contributed by atoms with Gasteiger partial charge in [0.15, 0.2) is 0 Å². The van der Waals surface area contributed by atoms with Crippen molar-refractivity contribution in [2.24, 2.45) is 10.2 Å². The van der Waals surface area contributed by atoms with Gasteiger partial charge in [0.25, 0.3) is 5.69 Å². The molecular formula is C20H17N7O5S. The van der Waals surface area contributed by atoms with Crippen LogP contribution in [0.5, 0.6) is 5.75 Å². The number of azide groups is 1. The molecule has 3 aromatic rings. The number of nitro groups is 1. The number of benzene rings is 2. The summed E-state index contributed by atoms with van der Waals surface area (Å²) in [4.78, 5) is 29.3. The molecule has 0 fully saturated rings. The number of anilines is 1. The fourth-order valence-electron chi connectivity index (χ4n) is 2.75. The predicted molar refractivity (Wildman–Crippen MR) is 123 cm³/mol. The Bertz CT molecular complexity index is 1240. The molecule has 0 amide bonds. The Morgan fingerprint density at radius 1 is 1.30 bits per heavy atom. The van der Waals surface area contributed by atoms with E-state index in [-0.39, 0.29) is 36.5 Å². The fourth-order valence-corrected chi connectivity index (χ4v) is 3.41. The van der Waals surface area contributed by atoms with E-state index < -0.39 is 10.9 Å². The molecule has 2 N–H and O–H groups in total. The SMILES string of the molecule is [N-]=[N+]=NCCOc1cccc(-c2csc(N/N=C(/Cc3ccccc3[N+](=O)[O-])C(=O)O)n2)c1. The molecule has 2 aromatic carbocycles. The van der Waals surface area contributed by atoms with E-state index in [0.717, 1.165) is 5.56 Å². The molecule has 0 atom stereocenters. The van der Waals surface area contributed by atoms with Gasteiger partial charge in [0.05, 0.1) is 23.8 Å². The van der Waals surface area contributed by atoms with Crippen LogP contribution in [0.1, 0.15) is 5.56 Å². The number of aromatic nitrogens is 1. The first-order valence-electron chi connectivity index (χ1n) is 9.45. The van der Waals surface area contributed by atoms with Crippen LogP contribution in [-0.2, 0) is 11.2 Å². The number of thiazole rings is 1. The number of hydrogen-bond donors (Lipinski definition) is 2. The number of nitrogens with zero attached hydrogens (tertiary/aromatic N) is 6. The summed E-state index contributed by atoms with van der Waals surface area (Å²) in [6.07, 6.45) is -0.229. The minimum absolute atomic E-state index is 0.176. The molecule has 0 saturated heterocycles. The van der Waals surface area contributed by atoms with Gasteiger partial charge >= 0.3 is 5.97 Å². The maximum absolute atomic E-state index is 11.6. The third kappa shape index (κ3) is 6.50. The minimum Gasteiger partial charge on any atom is -0.493 e. The van der Waals surface area contributed by atoms with Crippen molar-refractivity contribution in [3.05, 3.63) is 80.0 Å². The van der Waals surface area contributed by atoms with Crippen molar-refractivity contribution in [1.82, 2.24) is 4.98 Å². The van der Waals surface area contributed by atoms with Gasteiger partial charge in [-0.1, -0.05) is 35.4 Å². The topological polar surface area (TPSA) is 176 Å². The van der Waals surface area contributed by atoms with Gasteiger partial charge < -0.3 is 9.84 Å². The van der Waals surface area contributed by atoms with E-state index in [9.17, 15) is 20.0 Å². The molecule has 0 spiro atoms. The maximum atomic E-state index is 11.6. The van der Waals surface area contributed by atoms with Crippen LogP contribution >= 0.6 is 11.3 Å². The minimum atomic E-state index is -1.30. The zero-order valence-corrected chi connectivity index (χ0v) is 17.8. The molecule has 33 heavy (non-hydrogen) atoms. The Morgan fingerprint density at radius 2 is 2.12 bits per heavy atom. The standard InChI is InChI=1S/C20H17N7O5S/c21-26-22-8-9-32-15-6-3-5-13(10-15)17-12-33-20(23-17)25-24-16(19(28)29)11-14-4-1-2-7-18(14)27(30)31/h1-7,10,12H,8-9,11H2,(H,23,25)(H,28,29)/b24-16-. The zero-order chi connectivity index (χ0) is 23.6. The molecule has 0 aliphatic rings. The molecule has 3 rings (SSSR count). The maximum Gasteiger partial charge on any atom is 0.352 e. The highest BCUT2D eigenvalue weighted by Gasteiger charge is 2.18. The first kappa shape index (κ1) is 23.2. The van der Waals surface area contributed by atoms with Crippen LogP contribution < -0.4 is 10.2 Å². The number of carbonyl (C=O) groups is 1. The summed E-state index contributed by atoms with van der Waals surface area (Å²) in [6, 6.07) is 13.1. The molecule has 1 aromatic heterocycles. The third-order valence-corrected chi connectivity index (χ3v) is 4.98. The Balaban J connectivity index is 1.72. The van der Waals surface area contributed by atoms with E-state index in [4.69, 9.17) is 10.3 Å². The molecule has 168 valence electrons. The molecule has 0 saturated carbocycles. The first-order chi connectivity index (χ1) is 16.0. The summed E-state index contributed by atoms with van der Waals surface area (Å²) in [5.74, 6) is -0.721. The Morgan fingerprint density at radius 3 is 2.88 bits per heavy atom. The number of aliphatic carboxylic acids is 1. The van der Waals surface area contributed by atoms with E-state index in [0.29, 0.717) is 16.6 Å². The third-order valence-electron chi connectivity index (χ3n) is 4.24. The van der Waals surface area contributed by atoms with Gasteiger partial charge in [0.1, 0.15) is 11.5 Å². The van der Waals surface area contributed by atoms with Crippen molar-refractivity contribution in [2.45, 2.75) is 6.42 Å². The van der Waals surface area contributed by atoms with Gasteiger partial charge in [-0.15, -0.1) is 11.3 Å². The van der Waals surface area contributed by atoms with Crippen molar-refractivity contribution < 1.29 is 19.6 Å². The molecule has 13 heteroatoms. The summed E-state index contributed by atoms with van der Waals surface area (Å²) in [5, 5.41) is 30.0. The number of nitrogens with one attached hydrogen (secondary N) is 1. The average Bonchev–Trinajstić information content (AvgIpc) is 3.29. The lowest BCUT2D eigenvalue weighted by molar-refractivity contribution is -0.385. The van der Waals surface area contributed by atoms with Crippen LogP contribution in [0.3, 0.4) is 0 Å². The van der Waals surface area contributed by atoms with E-state index in [1.165, 1.54) is 29.5 Å². The van der Waals surface area contributed by atoms with E-state index in [2.05, 4.69) is 25.5 Å². The van der Waals surface area contributed by atoms with Crippen molar-refractivity contribution >= 4 is 33.8 Å². The molecule has 0 aliphatic heterocycles. The van der Waals surface area contributed by atoms with Crippen LogP contribution in [0, 0.1) is 10.1 Å². The number of hydrogen-bond acceptors (Lipinski definition) is 9. The normalized spacial score (nSPS) is 10.8. The average molecular weight is 467 g/mol. The van der Waals surface area contributed by atoms with Crippen LogP contribution in [0.15, 0.2) is 64.1 Å². The highest BCUT2D eigenvalue weighted by atomic mass is 32.1. The van der Waals surface area contributed by atoms with Gasteiger partial charge in [-0.25, -0.2) is 9.78 Å². The Labute approximate surface area is 191 Å². The summed E-state index contributed by atoms with van der Waals surface area (Å²) in [6.45, 7) is 0.450. The van der Waals surface area contributed by atoms with Crippen LogP contribution in [0.2, 0.25) is 0 Å². The van der Waals surface area contributed by atoms with Gasteiger partial charge in [-0.3, -0.25) is 15.5 Å². The second-order valence-corrected chi connectivity index (χ2v) is 7.26. The largest absolute Gasteiger partial charge is 0.493 e. The Hall–Kier alpha value is -4.48. The molecular weight excluding hydrogens is 450 g/mol. The fraction of sp³-hybridized carbons (Fsp3) is 0.150. The van der Waals surface area contributed by atoms with E-state index in [1.807, 2.05) is 6.07 Å². The van der Waals surface area contributed by atoms with Gasteiger partial charge in [0, 0.05) is 33.9 Å². The number of carboxylic acids is 1. The number of para-hydroxylation sites is 1. The van der Waals surface area contributed by atoms with Crippen LogP contribution in [0.25, 0.3) is 21.7 Å². The lowest BCUT2D eigenvalue weighted by Gasteiger charge is -2.05. The molecule has 1 heterocycles. The van der Waals surface area contributed by atoms with E-state index in [1.54, 1.807) is 29.6 Å². The summed E-state index contributed by atoms with van der Waals surface area (Å²) in [5.41, 5.74) is 12.1. The first-order valence-corrected chi connectivity index (χ1v) is 10.3.